The highest BCUT2D eigenvalue weighted by Gasteiger charge is 2.19. The lowest BCUT2D eigenvalue weighted by molar-refractivity contribution is -0.139. The fraction of sp³-hybridized carbons (Fsp3) is 0.400. The lowest BCUT2D eigenvalue weighted by Gasteiger charge is -2.12. The van der Waals surface area contributed by atoms with Crippen LogP contribution in [0.5, 0.6) is 0 Å². The molecule has 1 N–H and O–H groups in total. The Balaban J connectivity index is 2.11. The van der Waals surface area contributed by atoms with E-state index in [0.717, 1.165) is 22.2 Å². The second-order valence-electron chi connectivity index (χ2n) is 5.75. The number of methoxy groups -OCH3 is 1. The van der Waals surface area contributed by atoms with Crippen LogP contribution in [0, 0.1) is 0 Å². The largest absolute Gasteiger partial charge is 0.469 e. The number of esters is 1. The van der Waals surface area contributed by atoms with E-state index in [1.54, 1.807) is 0 Å². The van der Waals surface area contributed by atoms with Gasteiger partial charge in [0.05, 0.1) is 13.5 Å². The van der Waals surface area contributed by atoms with Crippen LogP contribution >= 0.6 is 11.5 Å². The first-order chi connectivity index (χ1) is 9.88. The Morgan fingerprint density at radius 2 is 2.14 bits per heavy atom. The number of nitrogens with zero attached hydrogens (tertiary/aromatic N) is 2. The molecule has 0 aliphatic heterocycles. The molecule has 0 saturated heterocycles. The van der Waals surface area contributed by atoms with Crippen molar-refractivity contribution >= 4 is 28.3 Å². The molecule has 1 aromatic carbocycles. The number of hydrogen-bond donors (Lipinski definition) is 1. The number of hydrogen-bond acceptors (Lipinski definition) is 6. The third-order valence-electron chi connectivity index (χ3n) is 2.85. The Bertz CT molecular complexity index is 632. The summed E-state index contributed by atoms with van der Waals surface area (Å²) in [6.07, 6.45) is 0.259. The van der Waals surface area contributed by atoms with Gasteiger partial charge in [-0.15, -0.1) is 0 Å². The lowest BCUT2D eigenvalue weighted by atomic mass is 9.96. The Hall–Kier alpha value is -1.95. The van der Waals surface area contributed by atoms with Crippen LogP contribution in [0.25, 0.3) is 0 Å². The maximum atomic E-state index is 11.3. The van der Waals surface area contributed by atoms with Crippen molar-refractivity contribution in [1.29, 1.82) is 0 Å². The van der Waals surface area contributed by atoms with Crippen molar-refractivity contribution in [3.8, 4) is 0 Å². The number of benzene rings is 1. The molecule has 1 aromatic heterocycles. The summed E-state index contributed by atoms with van der Waals surface area (Å²) >= 11 is 1.33. The maximum Gasteiger partial charge on any atom is 0.309 e. The highest BCUT2D eigenvalue weighted by molar-refractivity contribution is 7.09. The zero-order valence-corrected chi connectivity index (χ0v) is 13.5. The Morgan fingerprint density at radius 1 is 1.38 bits per heavy atom. The summed E-state index contributed by atoms with van der Waals surface area (Å²) in [5.41, 5.74) is 1.71. The third kappa shape index (κ3) is 4.26. The van der Waals surface area contributed by atoms with E-state index < -0.39 is 0 Å². The van der Waals surface area contributed by atoms with Gasteiger partial charge in [-0.25, -0.2) is 4.98 Å². The summed E-state index contributed by atoms with van der Waals surface area (Å²) in [7, 11) is 1.39. The van der Waals surface area contributed by atoms with E-state index in [4.69, 9.17) is 0 Å². The van der Waals surface area contributed by atoms with Gasteiger partial charge in [0.15, 0.2) is 0 Å². The number of nitrogens with one attached hydrogen (secondary N) is 1. The second kappa shape index (κ2) is 6.22. The van der Waals surface area contributed by atoms with Crippen molar-refractivity contribution in [3.63, 3.8) is 0 Å². The normalized spacial score (nSPS) is 11.2. The molecule has 0 amide bonds. The fourth-order valence-corrected chi connectivity index (χ4v) is 2.48. The van der Waals surface area contributed by atoms with E-state index >= 15 is 0 Å². The highest BCUT2D eigenvalue weighted by atomic mass is 32.1. The summed E-state index contributed by atoms with van der Waals surface area (Å²) in [5.74, 6) is 0.568. The summed E-state index contributed by atoms with van der Waals surface area (Å²) in [4.78, 5) is 15.8. The summed E-state index contributed by atoms with van der Waals surface area (Å²) in [6, 6.07) is 7.63. The average molecular weight is 305 g/mol. The van der Waals surface area contributed by atoms with Crippen molar-refractivity contribution in [2.45, 2.75) is 32.6 Å². The summed E-state index contributed by atoms with van der Waals surface area (Å²) < 4.78 is 9.04. The minimum Gasteiger partial charge on any atom is -0.469 e. The van der Waals surface area contributed by atoms with Gasteiger partial charge in [0.2, 0.25) is 5.13 Å². The van der Waals surface area contributed by atoms with Crippen molar-refractivity contribution < 1.29 is 9.53 Å². The Kier molecular flexibility index (Phi) is 4.57. The van der Waals surface area contributed by atoms with E-state index in [-0.39, 0.29) is 17.8 Å². The van der Waals surface area contributed by atoms with Gasteiger partial charge in [-0.05, 0) is 17.7 Å². The van der Waals surface area contributed by atoms with Gasteiger partial charge >= 0.3 is 5.97 Å². The zero-order chi connectivity index (χ0) is 15.5. The zero-order valence-electron chi connectivity index (χ0n) is 12.6. The minimum absolute atomic E-state index is 0.0663. The third-order valence-corrected chi connectivity index (χ3v) is 3.48. The molecule has 0 saturated carbocycles. The van der Waals surface area contributed by atoms with E-state index in [1.165, 1.54) is 18.6 Å². The maximum absolute atomic E-state index is 11.3. The standard InChI is InChI=1S/C15H19N3O2S/c1-15(2,3)13-17-14(21-18-13)16-11-7-5-6-10(8-11)9-12(19)20-4/h5-8H,9H2,1-4H3,(H,16,17,18). The van der Waals surface area contributed by atoms with E-state index in [9.17, 15) is 4.79 Å². The first kappa shape index (κ1) is 15.4. The lowest BCUT2D eigenvalue weighted by Crippen LogP contribution is -2.13. The van der Waals surface area contributed by atoms with Gasteiger partial charge in [0.25, 0.3) is 0 Å². The molecule has 0 atom stereocenters. The molecule has 0 fully saturated rings. The SMILES string of the molecule is COC(=O)Cc1cccc(Nc2nc(C(C)(C)C)ns2)c1. The highest BCUT2D eigenvalue weighted by Crippen LogP contribution is 2.25. The molecule has 0 unspecified atom stereocenters. The molecule has 6 heteroatoms. The molecule has 1 heterocycles. The number of ether oxygens (including phenoxy) is 1. The van der Waals surface area contributed by atoms with Crippen LogP contribution in [0.3, 0.4) is 0 Å². The van der Waals surface area contributed by atoms with Gasteiger partial charge < -0.3 is 10.1 Å². The van der Waals surface area contributed by atoms with Gasteiger partial charge in [-0.3, -0.25) is 4.79 Å². The van der Waals surface area contributed by atoms with Crippen LogP contribution in [0.4, 0.5) is 10.8 Å². The molecule has 0 spiro atoms. The van der Waals surface area contributed by atoms with E-state index in [1.807, 2.05) is 24.3 Å². The number of carbonyl (C=O) groups excluding carboxylic acids is 1. The Morgan fingerprint density at radius 3 is 2.76 bits per heavy atom. The molecule has 0 aliphatic rings. The molecular weight excluding hydrogens is 286 g/mol. The van der Waals surface area contributed by atoms with Crippen LogP contribution in [0.1, 0.15) is 32.2 Å². The van der Waals surface area contributed by atoms with Crippen LogP contribution < -0.4 is 5.32 Å². The predicted molar refractivity (Wildman–Crippen MR) is 84.1 cm³/mol. The van der Waals surface area contributed by atoms with Gasteiger partial charge in [-0.1, -0.05) is 32.9 Å². The van der Waals surface area contributed by atoms with E-state index in [0.29, 0.717) is 0 Å². The topological polar surface area (TPSA) is 64.1 Å². The molecule has 5 nitrogen and oxygen atoms in total. The predicted octanol–water partition coefficient (Wildman–Crippen LogP) is 3.29. The first-order valence-electron chi connectivity index (χ1n) is 6.65. The number of aromatic nitrogens is 2. The second-order valence-corrected chi connectivity index (χ2v) is 6.50. The fourth-order valence-electron chi connectivity index (χ4n) is 1.70. The molecular formula is C15H19N3O2S. The smallest absolute Gasteiger partial charge is 0.309 e. The quantitative estimate of drug-likeness (QED) is 0.878. The Labute approximate surface area is 128 Å². The number of anilines is 2. The van der Waals surface area contributed by atoms with Crippen molar-refractivity contribution in [3.05, 3.63) is 35.7 Å². The summed E-state index contributed by atoms with van der Waals surface area (Å²) in [5, 5.41) is 3.97. The van der Waals surface area contributed by atoms with Crippen LogP contribution in [0.15, 0.2) is 24.3 Å². The summed E-state index contributed by atoms with van der Waals surface area (Å²) in [6.45, 7) is 6.24. The van der Waals surface area contributed by atoms with Crippen molar-refractivity contribution in [2.24, 2.45) is 0 Å². The van der Waals surface area contributed by atoms with Gasteiger partial charge in [-0.2, -0.15) is 4.37 Å². The molecule has 2 aromatic rings. The van der Waals surface area contributed by atoms with Crippen LogP contribution in [0.2, 0.25) is 0 Å². The monoisotopic (exact) mass is 305 g/mol. The molecule has 0 radical (unpaired) electrons. The number of carbonyl (C=O) groups is 1. The van der Waals surface area contributed by atoms with Gasteiger partial charge in [0, 0.05) is 22.6 Å². The molecule has 0 bridgehead atoms. The average Bonchev–Trinajstić information content (AvgIpc) is 2.87. The minimum atomic E-state index is -0.252. The van der Waals surface area contributed by atoms with Crippen LogP contribution in [-0.4, -0.2) is 22.4 Å². The molecule has 21 heavy (non-hydrogen) atoms. The van der Waals surface area contributed by atoms with Crippen molar-refractivity contribution in [2.75, 3.05) is 12.4 Å². The van der Waals surface area contributed by atoms with E-state index in [2.05, 4.69) is 40.2 Å². The first-order valence-corrected chi connectivity index (χ1v) is 7.43. The van der Waals surface area contributed by atoms with Crippen LogP contribution in [-0.2, 0) is 21.4 Å². The number of rotatable bonds is 4. The molecule has 112 valence electrons. The van der Waals surface area contributed by atoms with Crippen molar-refractivity contribution in [1.82, 2.24) is 9.36 Å². The molecule has 2 rings (SSSR count). The molecule has 0 aliphatic carbocycles. The van der Waals surface area contributed by atoms with Gasteiger partial charge in [0.1, 0.15) is 5.82 Å².